The highest BCUT2D eigenvalue weighted by molar-refractivity contribution is 6.31. The molecule has 138 valence electrons. The molecule has 0 spiro atoms. The molecule has 0 bridgehead atoms. The molecular weight excluding hydrogens is 343 g/mol. The van der Waals surface area contributed by atoms with Gasteiger partial charge in [0.1, 0.15) is 5.82 Å². The van der Waals surface area contributed by atoms with Gasteiger partial charge in [0.15, 0.2) is 5.96 Å². The smallest absolute Gasteiger partial charge is 0.222 e. The van der Waals surface area contributed by atoms with E-state index in [1.165, 1.54) is 6.07 Å². The Hall–Kier alpha value is -1.82. The van der Waals surface area contributed by atoms with Crippen LogP contribution in [0.15, 0.2) is 23.2 Å². The molecule has 0 aromatic heterocycles. The van der Waals surface area contributed by atoms with Gasteiger partial charge in [0.2, 0.25) is 5.91 Å². The third-order valence-electron chi connectivity index (χ3n) is 4.10. The van der Waals surface area contributed by atoms with E-state index in [-0.39, 0.29) is 11.7 Å². The van der Waals surface area contributed by atoms with Crippen LogP contribution in [-0.4, -0.2) is 49.5 Å². The maximum atomic E-state index is 13.8. The summed E-state index contributed by atoms with van der Waals surface area (Å²) in [6.07, 6.45) is 2.95. The fourth-order valence-corrected chi connectivity index (χ4v) is 3.07. The average molecular weight is 369 g/mol. The van der Waals surface area contributed by atoms with Crippen LogP contribution in [0.25, 0.3) is 0 Å². The lowest BCUT2D eigenvalue weighted by atomic mass is 10.1. The van der Waals surface area contributed by atoms with Crippen LogP contribution in [-0.2, 0) is 11.2 Å². The summed E-state index contributed by atoms with van der Waals surface area (Å²) in [5.41, 5.74) is 0.514. The van der Waals surface area contributed by atoms with E-state index in [9.17, 15) is 9.18 Å². The van der Waals surface area contributed by atoms with Crippen molar-refractivity contribution >= 4 is 23.5 Å². The Morgan fingerprint density at radius 2 is 2.24 bits per heavy atom. The van der Waals surface area contributed by atoms with E-state index in [4.69, 9.17) is 11.6 Å². The van der Waals surface area contributed by atoms with E-state index in [0.717, 1.165) is 32.5 Å². The van der Waals surface area contributed by atoms with Crippen LogP contribution in [0.1, 0.15) is 31.7 Å². The number of nitrogens with one attached hydrogen (secondary N) is 2. The van der Waals surface area contributed by atoms with Gasteiger partial charge < -0.3 is 15.5 Å². The third kappa shape index (κ3) is 6.20. The van der Waals surface area contributed by atoms with E-state index in [1.807, 2.05) is 11.8 Å². The molecule has 1 heterocycles. The molecule has 0 saturated carbocycles. The third-order valence-corrected chi connectivity index (χ3v) is 4.45. The largest absolute Gasteiger partial charge is 0.357 e. The normalized spacial score (nSPS) is 14.9. The van der Waals surface area contributed by atoms with Crippen molar-refractivity contribution in [3.8, 4) is 0 Å². The standard InChI is InChI=1S/C18H26ClFN4O/c1-2-21-18(22-10-5-13-24-12-4-8-17(24)25)23-11-9-14-15(19)6-3-7-16(14)20/h3,6-7H,2,4-5,8-13H2,1H3,(H2,21,22,23). The minimum atomic E-state index is -0.286. The fraction of sp³-hybridized carbons (Fsp3) is 0.556. The molecule has 0 atom stereocenters. The summed E-state index contributed by atoms with van der Waals surface area (Å²) in [6.45, 7) is 5.54. The van der Waals surface area contributed by atoms with E-state index in [1.54, 1.807) is 12.1 Å². The predicted octanol–water partition coefficient (Wildman–Crippen LogP) is 2.59. The highest BCUT2D eigenvalue weighted by Gasteiger charge is 2.18. The SMILES string of the molecule is CCNC(=NCCCN1CCCC1=O)NCCc1c(F)cccc1Cl. The topological polar surface area (TPSA) is 56.7 Å². The van der Waals surface area contributed by atoms with Crippen molar-refractivity contribution in [2.24, 2.45) is 4.99 Å². The van der Waals surface area contributed by atoms with Gasteiger partial charge in [-0.2, -0.15) is 0 Å². The number of carbonyl (C=O) groups is 1. The number of aliphatic imine (C=N–C) groups is 1. The zero-order chi connectivity index (χ0) is 18.1. The van der Waals surface area contributed by atoms with Gasteiger partial charge >= 0.3 is 0 Å². The minimum Gasteiger partial charge on any atom is -0.357 e. The minimum absolute atomic E-state index is 0.246. The molecule has 5 nitrogen and oxygen atoms in total. The van der Waals surface area contributed by atoms with Crippen LogP contribution in [0.4, 0.5) is 4.39 Å². The number of nitrogens with zero attached hydrogens (tertiary/aromatic N) is 2. The van der Waals surface area contributed by atoms with Crippen molar-refractivity contribution < 1.29 is 9.18 Å². The first kappa shape index (κ1) is 19.5. The van der Waals surface area contributed by atoms with Crippen LogP contribution in [0.2, 0.25) is 5.02 Å². The van der Waals surface area contributed by atoms with Crippen molar-refractivity contribution in [2.45, 2.75) is 32.6 Å². The summed E-state index contributed by atoms with van der Waals surface area (Å²) in [5, 5.41) is 6.80. The summed E-state index contributed by atoms with van der Waals surface area (Å²) in [6, 6.07) is 4.71. The van der Waals surface area contributed by atoms with Gasteiger partial charge in [-0.15, -0.1) is 0 Å². The van der Waals surface area contributed by atoms with E-state index < -0.39 is 0 Å². The summed E-state index contributed by atoms with van der Waals surface area (Å²) in [5.74, 6) is 0.657. The molecular formula is C18H26ClFN4O. The summed E-state index contributed by atoms with van der Waals surface area (Å²) in [4.78, 5) is 18.0. The number of likely N-dealkylation sites (tertiary alicyclic amines) is 1. The van der Waals surface area contributed by atoms with Crippen molar-refractivity contribution in [1.29, 1.82) is 0 Å². The van der Waals surface area contributed by atoms with Gasteiger partial charge in [0, 0.05) is 49.7 Å². The van der Waals surface area contributed by atoms with Crippen LogP contribution in [0.3, 0.4) is 0 Å². The highest BCUT2D eigenvalue weighted by atomic mass is 35.5. The molecule has 25 heavy (non-hydrogen) atoms. The Labute approximate surface area is 153 Å². The number of amides is 1. The van der Waals surface area contributed by atoms with Gasteiger partial charge in [-0.05, 0) is 38.3 Å². The molecule has 1 aliphatic heterocycles. The van der Waals surface area contributed by atoms with Crippen LogP contribution in [0, 0.1) is 5.82 Å². The molecule has 1 fully saturated rings. The van der Waals surface area contributed by atoms with Crippen LogP contribution >= 0.6 is 11.6 Å². The van der Waals surface area contributed by atoms with Crippen molar-refractivity contribution in [3.63, 3.8) is 0 Å². The number of rotatable bonds is 8. The molecule has 0 aliphatic carbocycles. The number of benzene rings is 1. The molecule has 1 aliphatic rings. The second-order valence-electron chi connectivity index (χ2n) is 5.98. The van der Waals surface area contributed by atoms with Gasteiger partial charge in [-0.3, -0.25) is 9.79 Å². The predicted molar refractivity (Wildman–Crippen MR) is 99.5 cm³/mol. The Bertz CT molecular complexity index is 588. The summed E-state index contributed by atoms with van der Waals surface area (Å²) in [7, 11) is 0. The average Bonchev–Trinajstić information content (AvgIpc) is 2.99. The van der Waals surface area contributed by atoms with Gasteiger partial charge in [0.05, 0.1) is 0 Å². The summed E-state index contributed by atoms with van der Waals surface area (Å²) < 4.78 is 13.8. The van der Waals surface area contributed by atoms with Gasteiger partial charge in [-0.25, -0.2) is 4.39 Å². The van der Waals surface area contributed by atoms with Crippen LogP contribution < -0.4 is 10.6 Å². The number of hydrogen-bond donors (Lipinski definition) is 2. The number of halogens is 2. The van der Waals surface area contributed by atoms with E-state index >= 15 is 0 Å². The molecule has 1 saturated heterocycles. The molecule has 0 unspecified atom stereocenters. The lowest BCUT2D eigenvalue weighted by Gasteiger charge is -2.15. The maximum Gasteiger partial charge on any atom is 0.222 e. The molecule has 1 aromatic rings. The van der Waals surface area contributed by atoms with Crippen molar-refractivity contribution in [3.05, 3.63) is 34.6 Å². The molecule has 1 amide bonds. The zero-order valence-corrected chi connectivity index (χ0v) is 15.4. The molecule has 1 aromatic carbocycles. The lowest BCUT2D eigenvalue weighted by molar-refractivity contribution is -0.127. The van der Waals surface area contributed by atoms with Gasteiger partial charge in [-0.1, -0.05) is 17.7 Å². The first-order chi connectivity index (χ1) is 12.1. The lowest BCUT2D eigenvalue weighted by Crippen LogP contribution is -2.38. The fourth-order valence-electron chi connectivity index (χ4n) is 2.81. The second kappa shape index (κ2) is 10.2. The first-order valence-electron chi connectivity index (χ1n) is 8.84. The second-order valence-corrected chi connectivity index (χ2v) is 6.38. The number of carbonyl (C=O) groups excluding carboxylic acids is 1. The van der Waals surface area contributed by atoms with Crippen molar-refractivity contribution in [1.82, 2.24) is 15.5 Å². The summed E-state index contributed by atoms with van der Waals surface area (Å²) >= 11 is 6.04. The molecule has 7 heteroatoms. The Morgan fingerprint density at radius 1 is 1.40 bits per heavy atom. The monoisotopic (exact) mass is 368 g/mol. The molecule has 2 rings (SSSR count). The van der Waals surface area contributed by atoms with E-state index in [2.05, 4.69) is 15.6 Å². The Morgan fingerprint density at radius 3 is 2.92 bits per heavy atom. The van der Waals surface area contributed by atoms with E-state index in [0.29, 0.717) is 42.5 Å². The molecule has 0 radical (unpaired) electrons. The highest BCUT2D eigenvalue weighted by Crippen LogP contribution is 2.18. The zero-order valence-electron chi connectivity index (χ0n) is 14.7. The Kier molecular flexibility index (Phi) is 7.98. The first-order valence-corrected chi connectivity index (χ1v) is 9.22. The van der Waals surface area contributed by atoms with Crippen LogP contribution in [0.5, 0.6) is 0 Å². The maximum absolute atomic E-state index is 13.8. The Balaban J connectivity index is 1.76. The molecule has 2 N–H and O–H groups in total. The quantitative estimate of drug-likeness (QED) is 0.421. The van der Waals surface area contributed by atoms with Gasteiger partial charge in [0.25, 0.3) is 0 Å². The van der Waals surface area contributed by atoms with Crippen molar-refractivity contribution in [2.75, 3.05) is 32.7 Å². The number of hydrogen-bond acceptors (Lipinski definition) is 2. The number of guanidine groups is 1.